The van der Waals surface area contributed by atoms with Gasteiger partial charge < -0.3 is 9.15 Å². The second-order valence-electron chi connectivity index (χ2n) is 2.94. The van der Waals surface area contributed by atoms with Gasteiger partial charge in [-0.05, 0) is 28.1 Å². The summed E-state index contributed by atoms with van der Waals surface area (Å²) in [5, 5.41) is 0. The second-order valence-corrected chi connectivity index (χ2v) is 3.80. The van der Waals surface area contributed by atoms with Crippen LogP contribution in [0.4, 0.5) is 13.2 Å². The third kappa shape index (κ3) is 1.75. The third-order valence-electron chi connectivity index (χ3n) is 1.92. The molecular weight excluding hydrogens is 291 g/mol. The number of ether oxygens (including phenoxy) is 1. The molecule has 0 aliphatic carbocycles. The zero-order valence-electron chi connectivity index (χ0n) is 7.93. The molecule has 0 spiro atoms. The first-order valence-electron chi connectivity index (χ1n) is 4.13. The quantitative estimate of drug-likeness (QED) is 0.806. The van der Waals surface area contributed by atoms with E-state index in [1.54, 1.807) is 0 Å². The number of rotatable bonds is 1. The fraction of sp³-hybridized carbons (Fsp3) is 0.222. The molecule has 0 saturated carbocycles. The molecule has 0 radical (unpaired) electrons. The highest BCUT2D eigenvalue weighted by molar-refractivity contribution is 9.10. The molecule has 0 unspecified atom stereocenters. The van der Waals surface area contributed by atoms with Crippen LogP contribution >= 0.6 is 15.9 Å². The zero-order valence-corrected chi connectivity index (χ0v) is 9.52. The van der Waals surface area contributed by atoms with Crippen LogP contribution in [0.5, 0.6) is 5.75 Å². The van der Waals surface area contributed by atoms with Crippen molar-refractivity contribution in [3.05, 3.63) is 22.5 Å². The van der Waals surface area contributed by atoms with Crippen LogP contribution in [0.15, 0.2) is 21.0 Å². The van der Waals surface area contributed by atoms with E-state index in [1.807, 2.05) is 0 Å². The van der Waals surface area contributed by atoms with E-state index in [0.717, 1.165) is 0 Å². The van der Waals surface area contributed by atoms with Crippen LogP contribution in [0.1, 0.15) is 5.89 Å². The number of hydrogen-bond acceptors (Lipinski definition) is 3. The molecule has 16 heavy (non-hydrogen) atoms. The number of hydrogen-bond donors (Lipinski definition) is 0. The fourth-order valence-corrected chi connectivity index (χ4v) is 1.64. The predicted molar refractivity (Wildman–Crippen MR) is 53.3 cm³/mol. The molecule has 1 aromatic carbocycles. The van der Waals surface area contributed by atoms with Crippen molar-refractivity contribution in [3.63, 3.8) is 0 Å². The summed E-state index contributed by atoms with van der Waals surface area (Å²) in [5.74, 6) is -1.05. The molecule has 0 N–H and O–H groups in total. The van der Waals surface area contributed by atoms with E-state index in [4.69, 9.17) is 4.74 Å². The summed E-state index contributed by atoms with van der Waals surface area (Å²) in [6.07, 6.45) is -4.61. The first kappa shape index (κ1) is 11.3. The van der Waals surface area contributed by atoms with Gasteiger partial charge in [0.15, 0.2) is 11.1 Å². The molecule has 0 fully saturated rings. The Morgan fingerprint density at radius 1 is 1.38 bits per heavy atom. The number of methoxy groups -OCH3 is 1. The van der Waals surface area contributed by atoms with Crippen molar-refractivity contribution in [3.8, 4) is 5.75 Å². The van der Waals surface area contributed by atoms with Crippen LogP contribution in [-0.2, 0) is 6.18 Å². The Labute approximate surface area is 96.3 Å². The molecule has 7 heteroatoms. The second kappa shape index (κ2) is 3.65. The van der Waals surface area contributed by atoms with Crippen LogP contribution in [0.2, 0.25) is 0 Å². The number of alkyl halides is 3. The molecular formula is C9H5BrF3NO2. The molecule has 2 rings (SSSR count). The van der Waals surface area contributed by atoms with Crippen molar-refractivity contribution < 1.29 is 22.3 Å². The number of halogens is 4. The summed E-state index contributed by atoms with van der Waals surface area (Å²) in [7, 11) is 1.35. The number of benzene rings is 1. The topological polar surface area (TPSA) is 35.3 Å². The van der Waals surface area contributed by atoms with Gasteiger partial charge in [-0.25, -0.2) is 4.98 Å². The lowest BCUT2D eigenvalue weighted by molar-refractivity contribution is -0.156. The monoisotopic (exact) mass is 295 g/mol. The average molecular weight is 296 g/mol. The normalized spacial score (nSPS) is 12.1. The van der Waals surface area contributed by atoms with Crippen molar-refractivity contribution in [2.45, 2.75) is 6.18 Å². The van der Waals surface area contributed by atoms with Crippen LogP contribution in [0.3, 0.4) is 0 Å². The summed E-state index contributed by atoms with van der Waals surface area (Å²) in [6.45, 7) is 0. The van der Waals surface area contributed by atoms with E-state index in [9.17, 15) is 13.2 Å². The maximum Gasteiger partial charge on any atom is 0.468 e. The molecule has 86 valence electrons. The van der Waals surface area contributed by atoms with Crippen molar-refractivity contribution in [2.24, 2.45) is 0 Å². The molecule has 0 saturated heterocycles. The lowest BCUT2D eigenvalue weighted by atomic mass is 10.3. The van der Waals surface area contributed by atoms with Gasteiger partial charge in [0.25, 0.3) is 0 Å². The number of aromatic nitrogens is 1. The zero-order chi connectivity index (χ0) is 11.9. The van der Waals surface area contributed by atoms with Crippen molar-refractivity contribution in [1.29, 1.82) is 0 Å². The van der Waals surface area contributed by atoms with Crippen LogP contribution in [0.25, 0.3) is 11.1 Å². The smallest absolute Gasteiger partial charge is 0.468 e. The Morgan fingerprint density at radius 2 is 2.06 bits per heavy atom. The van der Waals surface area contributed by atoms with E-state index >= 15 is 0 Å². The van der Waals surface area contributed by atoms with Gasteiger partial charge in [-0.1, -0.05) is 0 Å². The molecule has 2 aromatic rings. The maximum absolute atomic E-state index is 12.4. The van der Waals surface area contributed by atoms with E-state index in [2.05, 4.69) is 25.3 Å². The summed E-state index contributed by atoms with van der Waals surface area (Å²) >= 11 is 3.08. The first-order chi connectivity index (χ1) is 7.43. The molecule has 0 aliphatic heterocycles. The van der Waals surface area contributed by atoms with Crippen molar-refractivity contribution in [1.82, 2.24) is 4.98 Å². The standard InChI is InChI=1S/C9H5BrF3NO2/c1-15-5-3-2-4(10)7-6(5)14-8(16-7)9(11,12)13/h2-3H,1H3. The average Bonchev–Trinajstić information content (AvgIpc) is 2.63. The molecule has 1 heterocycles. The first-order valence-corrected chi connectivity index (χ1v) is 4.93. The van der Waals surface area contributed by atoms with Gasteiger partial charge in [-0.3, -0.25) is 0 Å². The Balaban J connectivity index is 2.73. The van der Waals surface area contributed by atoms with Crippen molar-refractivity contribution >= 4 is 27.0 Å². The van der Waals surface area contributed by atoms with Gasteiger partial charge in [0.1, 0.15) is 5.75 Å². The van der Waals surface area contributed by atoms with Gasteiger partial charge in [0, 0.05) is 0 Å². The minimum absolute atomic E-state index is 0.0201. The van der Waals surface area contributed by atoms with Gasteiger partial charge >= 0.3 is 12.1 Å². The number of nitrogens with zero attached hydrogens (tertiary/aromatic N) is 1. The molecule has 3 nitrogen and oxygen atoms in total. The molecule has 0 bridgehead atoms. The number of fused-ring (bicyclic) bond motifs is 1. The Hall–Kier alpha value is -1.24. The highest BCUT2D eigenvalue weighted by atomic mass is 79.9. The highest BCUT2D eigenvalue weighted by Crippen LogP contribution is 2.37. The lowest BCUT2D eigenvalue weighted by Gasteiger charge is -1.99. The molecule has 0 aliphatic rings. The van der Waals surface area contributed by atoms with E-state index in [-0.39, 0.29) is 16.8 Å². The van der Waals surface area contributed by atoms with E-state index < -0.39 is 12.1 Å². The van der Waals surface area contributed by atoms with E-state index in [1.165, 1.54) is 19.2 Å². The van der Waals surface area contributed by atoms with Crippen LogP contribution < -0.4 is 4.74 Å². The molecule has 1 aromatic heterocycles. The summed E-state index contributed by atoms with van der Waals surface area (Å²) in [6, 6.07) is 3.04. The van der Waals surface area contributed by atoms with Crippen molar-refractivity contribution in [2.75, 3.05) is 7.11 Å². The van der Waals surface area contributed by atoms with Crippen LogP contribution in [0, 0.1) is 0 Å². The minimum atomic E-state index is -4.61. The summed E-state index contributed by atoms with van der Waals surface area (Å²) in [4.78, 5) is 3.37. The van der Waals surface area contributed by atoms with E-state index in [0.29, 0.717) is 4.47 Å². The lowest BCUT2D eigenvalue weighted by Crippen LogP contribution is -2.04. The van der Waals surface area contributed by atoms with Gasteiger partial charge in [0.05, 0.1) is 11.6 Å². The summed E-state index contributed by atoms with van der Waals surface area (Å²) in [5.41, 5.74) is 0.0656. The molecule has 0 amide bonds. The highest BCUT2D eigenvalue weighted by Gasteiger charge is 2.38. The third-order valence-corrected chi connectivity index (χ3v) is 2.55. The largest absolute Gasteiger partial charge is 0.494 e. The molecule has 0 atom stereocenters. The van der Waals surface area contributed by atoms with Gasteiger partial charge in [-0.15, -0.1) is 0 Å². The maximum atomic E-state index is 12.4. The van der Waals surface area contributed by atoms with Crippen LogP contribution in [-0.4, -0.2) is 12.1 Å². The Bertz CT molecular complexity index is 535. The minimum Gasteiger partial charge on any atom is -0.494 e. The van der Waals surface area contributed by atoms with Gasteiger partial charge in [0.2, 0.25) is 0 Å². The Kier molecular flexibility index (Phi) is 2.57. The van der Waals surface area contributed by atoms with Gasteiger partial charge in [-0.2, -0.15) is 13.2 Å². The number of oxazole rings is 1. The SMILES string of the molecule is COc1ccc(Br)c2oc(C(F)(F)F)nc12. The Morgan fingerprint density at radius 3 is 2.62 bits per heavy atom. The fourth-order valence-electron chi connectivity index (χ4n) is 1.24. The predicted octanol–water partition coefficient (Wildman–Crippen LogP) is 3.62. The summed E-state index contributed by atoms with van der Waals surface area (Å²) < 4.78 is 47.1.